The van der Waals surface area contributed by atoms with E-state index in [-0.39, 0.29) is 30.5 Å². The number of aliphatic hydroxyl groups excluding tert-OH is 1. The lowest BCUT2D eigenvalue weighted by Crippen LogP contribution is -2.42. The van der Waals surface area contributed by atoms with Gasteiger partial charge in [-0.25, -0.2) is 4.98 Å². The standard InChI is InChI=1S/C18H23ClN4O3/c1-10-17(19)11(2)23(22-10)9-15(25)21-18(13-6-14(24)7-13)12-4-5-16(26-3)20-8-12/h4-5,8,13-14,18,24H,6-7,9H2,1-3H3,(H,21,25). The lowest BCUT2D eigenvalue weighted by molar-refractivity contribution is -0.123. The van der Waals surface area contributed by atoms with Gasteiger partial charge in [0.25, 0.3) is 0 Å². The summed E-state index contributed by atoms with van der Waals surface area (Å²) in [5.41, 5.74) is 2.36. The maximum Gasteiger partial charge on any atom is 0.242 e. The van der Waals surface area contributed by atoms with Crippen LogP contribution in [0.15, 0.2) is 18.3 Å². The van der Waals surface area contributed by atoms with Crippen molar-refractivity contribution >= 4 is 17.5 Å². The number of aryl methyl sites for hydroxylation is 1. The second-order valence-electron chi connectivity index (χ2n) is 6.71. The molecule has 0 radical (unpaired) electrons. The zero-order valence-electron chi connectivity index (χ0n) is 15.1. The molecule has 0 aromatic carbocycles. The molecule has 26 heavy (non-hydrogen) atoms. The average molecular weight is 379 g/mol. The molecule has 1 amide bonds. The zero-order chi connectivity index (χ0) is 18.8. The summed E-state index contributed by atoms with van der Waals surface area (Å²) in [6.45, 7) is 3.74. The molecule has 1 unspecified atom stereocenters. The Labute approximate surface area is 157 Å². The number of carbonyl (C=O) groups excluding carboxylic acids is 1. The van der Waals surface area contributed by atoms with E-state index in [1.807, 2.05) is 19.9 Å². The van der Waals surface area contributed by atoms with Crippen molar-refractivity contribution < 1.29 is 14.6 Å². The fourth-order valence-electron chi connectivity index (χ4n) is 3.26. The number of hydrogen-bond donors (Lipinski definition) is 2. The lowest BCUT2D eigenvalue weighted by atomic mass is 9.75. The maximum atomic E-state index is 12.6. The van der Waals surface area contributed by atoms with Crippen molar-refractivity contribution in [3.8, 4) is 5.88 Å². The number of amides is 1. The predicted molar refractivity (Wildman–Crippen MR) is 97.1 cm³/mol. The summed E-state index contributed by atoms with van der Waals surface area (Å²) in [6.07, 6.45) is 2.71. The fourth-order valence-corrected chi connectivity index (χ4v) is 3.39. The van der Waals surface area contributed by atoms with Gasteiger partial charge in [-0.2, -0.15) is 5.10 Å². The molecule has 1 atom stereocenters. The molecule has 1 aliphatic rings. The summed E-state index contributed by atoms with van der Waals surface area (Å²) in [6, 6.07) is 3.45. The summed E-state index contributed by atoms with van der Waals surface area (Å²) in [5.74, 6) is 0.535. The van der Waals surface area contributed by atoms with E-state index in [4.69, 9.17) is 16.3 Å². The van der Waals surface area contributed by atoms with E-state index in [1.165, 1.54) is 0 Å². The molecule has 140 valence electrons. The van der Waals surface area contributed by atoms with E-state index in [1.54, 1.807) is 24.1 Å². The van der Waals surface area contributed by atoms with Crippen LogP contribution in [0, 0.1) is 19.8 Å². The highest BCUT2D eigenvalue weighted by Gasteiger charge is 2.36. The highest BCUT2D eigenvalue weighted by molar-refractivity contribution is 6.31. The van der Waals surface area contributed by atoms with Gasteiger partial charge in [0.15, 0.2) is 0 Å². The van der Waals surface area contributed by atoms with Crippen molar-refractivity contribution in [1.29, 1.82) is 0 Å². The topological polar surface area (TPSA) is 89.3 Å². The van der Waals surface area contributed by atoms with Gasteiger partial charge in [0.1, 0.15) is 6.54 Å². The Kier molecular flexibility index (Phi) is 5.48. The van der Waals surface area contributed by atoms with E-state index in [2.05, 4.69) is 15.4 Å². The van der Waals surface area contributed by atoms with E-state index in [0.29, 0.717) is 29.4 Å². The Bertz CT molecular complexity index is 784. The smallest absolute Gasteiger partial charge is 0.242 e. The van der Waals surface area contributed by atoms with Gasteiger partial charge in [0, 0.05) is 12.3 Å². The van der Waals surface area contributed by atoms with Gasteiger partial charge in [0.05, 0.1) is 35.7 Å². The molecule has 1 saturated carbocycles. The molecule has 1 aliphatic carbocycles. The molecule has 0 spiro atoms. The van der Waals surface area contributed by atoms with Crippen molar-refractivity contribution in [3.63, 3.8) is 0 Å². The number of pyridine rings is 1. The number of halogens is 1. The van der Waals surface area contributed by atoms with Crippen LogP contribution >= 0.6 is 11.6 Å². The van der Waals surface area contributed by atoms with Crippen molar-refractivity contribution in [2.75, 3.05) is 7.11 Å². The van der Waals surface area contributed by atoms with Gasteiger partial charge in [-0.05, 0) is 38.2 Å². The first kappa shape index (κ1) is 18.7. The second kappa shape index (κ2) is 7.63. The van der Waals surface area contributed by atoms with Crippen LogP contribution in [-0.4, -0.2) is 39.0 Å². The summed E-state index contributed by atoms with van der Waals surface area (Å²) in [4.78, 5) is 16.8. The van der Waals surface area contributed by atoms with E-state index >= 15 is 0 Å². The highest BCUT2D eigenvalue weighted by Crippen LogP contribution is 2.38. The molecule has 2 heterocycles. The summed E-state index contributed by atoms with van der Waals surface area (Å²) < 4.78 is 6.69. The molecule has 8 heteroatoms. The van der Waals surface area contributed by atoms with Gasteiger partial charge >= 0.3 is 0 Å². The van der Waals surface area contributed by atoms with E-state index < -0.39 is 0 Å². The number of hydrogen-bond acceptors (Lipinski definition) is 5. The van der Waals surface area contributed by atoms with Crippen LogP contribution in [-0.2, 0) is 11.3 Å². The summed E-state index contributed by atoms with van der Waals surface area (Å²) in [5, 5.41) is 17.6. The van der Waals surface area contributed by atoms with Crippen molar-refractivity contribution in [2.24, 2.45) is 5.92 Å². The lowest BCUT2D eigenvalue weighted by Gasteiger charge is -2.38. The fraction of sp³-hybridized carbons (Fsp3) is 0.500. The molecule has 1 fully saturated rings. The number of rotatable bonds is 6. The Morgan fingerprint density at radius 2 is 2.19 bits per heavy atom. The third-order valence-electron chi connectivity index (χ3n) is 4.85. The maximum absolute atomic E-state index is 12.6. The number of ether oxygens (including phenoxy) is 1. The van der Waals surface area contributed by atoms with Crippen LogP contribution in [0.25, 0.3) is 0 Å². The SMILES string of the molecule is COc1ccc(C(NC(=O)Cn2nc(C)c(Cl)c2C)C2CC(O)C2)cn1. The first-order valence-electron chi connectivity index (χ1n) is 8.56. The van der Waals surface area contributed by atoms with Gasteiger partial charge in [-0.1, -0.05) is 17.7 Å². The normalized spacial score (nSPS) is 20.3. The van der Waals surface area contributed by atoms with Crippen molar-refractivity contribution in [1.82, 2.24) is 20.1 Å². The monoisotopic (exact) mass is 378 g/mol. The Balaban J connectivity index is 1.74. The predicted octanol–water partition coefficient (Wildman–Crippen LogP) is 2.19. The molecule has 2 aromatic heterocycles. The van der Waals surface area contributed by atoms with E-state index in [0.717, 1.165) is 11.3 Å². The minimum Gasteiger partial charge on any atom is -0.481 e. The Morgan fingerprint density at radius 1 is 1.46 bits per heavy atom. The van der Waals surface area contributed by atoms with Gasteiger partial charge < -0.3 is 15.2 Å². The molecule has 3 rings (SSSR count). The first-order valence-corrected chi connectivity index (χ1v) is 8.93. The van der Waals surface area contributed by atoms with Crippen LogP contribution < -0.4 is 10.1 Å². The third kappa shape index (κ3) is 3.83. The molecule has 2 aromatic rings. The summed E-state index contributed by atoms with van der Waals surface area (Å²) in [7, 11) is 1.56. The Morgan fingerprint density at radius 3 is 2.69 bits per heavy atom. The number of nitrogens with one attached hydrogen (secondary N) is 1. The minimum absolute atomic E-state index is 0.0920. The van der Waals surface area contributed by atoms with Gasteiger partial charge in [0.2, 0.25) is 11.8 Å². The van der Waals surface area contributed by atoms with Crippen LogP contribution in [0.5, 0.6) is 5.88 Å². The van der Waals surface area contributed by atoms with Crippen LogP contribution in [0.3, 0.4) is 0 Å². The number of methoxy groups -OCH3 is 1. The molecular weight excluding hydrogens is 356 g/mol. The number of aromatic nitrogens is 3. The first-order chi connectivity index (χ1) is 12.4. The second-order valence-corrected chi connectivity index (χ2v) is 7.08. The molecule has 0 saturated heterocycles. The minimum atomic E-state index is -0.305. The van der Waals surface area contributed by atoms with Gasteiger partial charge in [-0.15, -0.1) is 0 Å². The van der Waals surface area contributed by atoms with E-state index in [9.17, 15) is 9.90 Å². The number of aliphatic hydroxyl groups is 1. The molecule has 0 aliphatic heterocycles. The van der Waals surface area contributed by atoms with Crippen LogP contribution in [0.2, 0.25) is 5.02 Å². The molecule has 2 N–H and O–H groups in total. The Hall–Kier alpha value is -2.12. The van der Waals surface area contributed by atoms with Crippen molar-refractivity contribution in [2.45, 2.75) is 45.4 Å². The quantitative estimate of drug-likeness (QED) is 0.804. The zero-order valence-corrected chi connectivity index (χ0v) is 15.8. The molecule has 0 bridgehead atoms. The van der Waals surface area contributed by atoms with Crippen LogP contribution in [0.1, 0.15) is 35.8 Å². The third-order valence-corrected chi connectivity index (χ3v) is 5.40. The van der Waals surface area contributed by atoms with Gasteiger partial charge in [-0.3, -0.25) is 9.48 Å². The number of nitrogens with zero attached hydrogens (tertiary/aromatic N) is 3. The van der Waals surface area contributed by atoms with Crippen molar-refractivity contribution in [3.05, 3.63) is 40.3 Å². The van der Waals surface area contributed by atoms with Crippen LogP contribution in [0.4, 0.5) is 0 Å². The number of carbonyl (C=O) groups is 1. The summed E-state index contributed by atoms with van der Waals surface area (Å²) >= 11 is 6.15. The highest BCUT2D eigenvalue weighted by atomic mass is 35.5. The average Bonchev–Trinajstić information content (AvgIpc) is 2.84. The molecule has 7 nitrogen and oxygen atoms in total. The molecular formula is C18H23ClN4O3. The largest absolute Gasteiger partial charge is 0.481 e.